The van der Waals surface area contributed by atoms with E-state index in [1.807, 2.05) is 17.0 Å². The van der Waals surface area contributed by atoms with Gasteiger partial charge in [-0.2, -0.15) is 0 Å². The van der Waals surface area contributed by atoms with Crippen molar-refractivity contribution in [2.75, 3.05) is 13.7 Å². The van der Waals surface area contributed by atoms with Gasteiger partial charge in [0, 0.05) is 13.0 Å². The number of carbonyl (C=O) groups is 2. The maximum Gasteiger partial charge on any atom is 0.337 e. The van der Waals surface area contributed by atoms with Crippen molar-refractivity contribution in [2.24, 2.45) is 0 Å². The Hall–Kier alpha value is -2.36. The first-order valence-electron chi connectivity index (χ1n) is 8.85. The van der Waals surface area contributed by atoms with Crippen LogP contribution in [-0.2, 0) is 16.0 Å². The number of esters is 1. The van der Waals surface area contributed by atoms with Crippen LogP contribution in [0.25, 0.3) is 0 Å². The van der Waals surface area contributed by atoms with Crippen molar-refractivity contribution < 1.29 is 14.3 Å². The van der Waals surface area contributed by atoms with Gasteiger partial charge < -0.3 is 9.64 Å². The van der Waals surface area contributed by atoms with E-state index in [0.717, 1.165) is 24.8 Å². The summed E-state index contributed by atoms with van der Waals surface area (Å²) in [6.07, 6.45) is 9.64. The van der Waals surface area contributed by atoms with Crippen LogP contribution in [0.2, 0.25) is 0 Å². The summed E-state index contributed by atoms with van der Waals surface area (Å²) in [7, 11) is 1.38. The van der Waals surface area contributed by atoms with Crippen molar-refractivity contribution in [3.63, 3.8) is 0 Å². The first kappa shape index (κ1) is 19.0. The minimum absolute atomic E-state index is 0.183. The number of amides is 1. The van der Waals surface area contributed by atoms with Crippen molar-refractivity contribution >= 4 is 11.9 Å². The highest BCUT2D eigenvalue weighted by atomic mass is 16.5. The lowest BCUT2D eigenvalue weighted by molar-refractivity contribution is -0.128. The molecule has 1 atom stereocenters. The molecule has 1 aliphatic heterocycles. The summed E-state index contributed by atoms with van der Waals surface area (Å²) in [6.45, 7) is 4.94. The molecular weight excluding hydrogens is 314 g/mol. The number of hydrogen-bond donors (Lipinski definition) is 0. The lowest BCUT2D eigenvalue weighted by atomic mass is 10.1. The third-order valence-corrected chi connectivity index (χ3v) is 4.66. The highest BCUT2D eigenvalue weighted by Gasteiger charge is 2.28. The van der Waals surface area contributed by atoms with Gasteiger partial charge in [-0.1, -0.05) is 42.9 Å². The predicted octanol–water partition coefficient (Wildman–Crippen LogP) is 3.92. The van der Waals surface area contributed by atoms with Gasteiger partial charge >= 0.3 is 5.97 Å². The molecule has 25 heavy (non-hydrogen) atoms. The van der Waals surface area contributed by atoms with Gasteiger partial charge in [0.1, 0.15) is 0 Å². The third-order valence-electron chi connectivity index (χ3n) is 4.66. The normalized spacial score (nSPS) is 18.2. The second-order valence-electron chi connectivity index (χ2n) is 6.38. The fourth-order valence-corrected chi connectivity index (χ4v) is 2.89. The van der Waals surface area contributed by atoms with E-state index in [0.29, 0.717) is 18.5 Å². The van der Waals surface area contributed by atoms with Gasteiger partial charge in [0.2, 0.25) is 5.91 Å². The van der Waals surface area contributed by atoms with E-state index >= 15 is 0 Å². The molecule has 0 saturated carbocycles. The van der Waals surface area contributed by atoms with Crippen LogP contribution < -0.4 is 0 Å². The fourth-order valence-electron chi connectivity index (χ4n) is 2.89. The molecule has 0 bridgehead atoms. The number of allylic oxidation sites excluding steroid dienone is 3. The quantitative estimate of drug-likeness (QED) is 0.558. The number of hydrogen-bond acceptors (Lipinski definition) is 3. The topological polar surface area (TPSA) is 46.6 Å². The maximum absolute atomic E-state index is 12.2. The molecule has 0 unspecified atom stereocenters. The monoisotopic (exact) mass is 341 g/mol. The molecule has 1 aromatic rings. The smallest absolute Gasteiger partial charge is 0.337 e. The van der Waals surface area contributed by atoms with Crippen LogP contribution in [-0.4, -0.2) is 36.5 Å². The minimum Gasteiger partial charge on any atom is -0.465 e. The standard InChI is InChI=1S/C21H27NO3/c1-4-16(2)6-5-7-19-12-13-20(23)22(19)15-14-17-8-10-18(11-9-17)21(24)25-3/h5-11,19H,4,12-15H2,1-3H3/t19-/m0/s1. The first-order valence-corrected chi connectivity index (χ1v) is 8.85. The summed E-state index contributed by atoms with van der Waals surface area (Å²) >= 11 is 0. The molecule has 1 heterocycles. The molecule has 4 nitrogen and oxygen atoms in total. The summed E-state index contributed by atoms with van der Waals surface area (Å²) in [4.78, 5) is 25.6. The second kappa shape index (κ2) is 9.21. The molecule has 0 aromatic heterocycles. The number of methoxy groups -OCH3 is 1. The number of likely N-dealkylation sites (tertiary alicyclic amines) is 1. The lowest BCUT2D eigenvalue weighted by Gasteiger charge is -2.22. The average molecular weight is 341 g/mol. The highest BCUT2D eigenvalue weighted by molar-refractivity contribution is 5.89. The summed E-state index contributed by atoms with van der Waals surface area (Å²) in [5.74, 6) is -0.112. The fraction of sp³-hybridized carbons (Fsp3) is 0.429. The molecule has 134 valence electrons. The largest absolute Gasteiger partial charge is 0.465 e. The van der Waals surface area contributed by atoms with Gasteiger partial charge in [0.05, 0.1) is 18.7 Å². The first-order chi connectivity index (χ1) is 12.0. The van der Waals surface area contributed by atoms with Gasteiger partial charge in [-0.05, 0) is 43.9 Å². The zero-order chi connectivity index (χ0) is 18.2. The van der Waals surface area contributed by atoms with Crippen molar-refractivity contribution in [2.45, 2.75) is 45.6 Å². The zero-order valence-corrected chi connectivity index (χ0v) is 15.3. The van der Waals surface area contributed by atoms with E-state index in [-0.39, 0.29) is 17.9 Å². The van der Waals surface area contributed by atoms with Gasteiger partial charge in [-0.25, -0.2) is 4.79 Å². The lowest BCUT2D eigenvalue weighted by Crippen LogP contribution is -2.33. The molecule has 1 aromatic carbocycles. The second-order valence-corrected chi connectivity index (χ2v) is 6.38. The number of carbonyl (C=O) groups excluding carboxylic acids is 2. The Bertz CT molecular complexity index is 658. The van der Waals surface area contributed by atoms with Crippen LogP contribution in [0.5, 0.6) is 0 Å². The maximum atomic E-state index is 12.2. The summed E-state index contributed by atoms with van der Waals surface area (Å²) in [6, 6.07) is 7.56. The van der Waals surface area contributed by atoms with Crippen molar-refractivity contribution in [1.29, 1.82) is 0 Å². The van der Waals surface area contributed by atoms with E-state index in [1.165, 1.54) is 12.7 Å². The zero-order valence-electron chi connectivity index (χ0n) is 15.3. The Kier molecular flexibility index (Phi) is 6.99. The molecular formula is C21H27NO3. The predicted molar refractivity (Wildman–Crippen MR) is 99.4 cm³/mol. The highest BCUT2D eigenvalue weighted by Crippen LogP contribution is 2.20. The van der Waals surface area contributed by atoms with Crippen LogP contribution in [0.3, 0.4) is 0 Å². The summed E-state index contributed by atoms with van der Waals surface area (Å²) in [5, 5.41) is 0. The van der Waals surface area contributed by atoms with Crippen molar-refractivity contribution in [3.05, 3.63) is 59.2 Å². The van der Waals surface area contributed by atoms with Crippen LogP contribution in [0.15, 0.2) is 48.1 Å². The van der Waals surface area contributed by atoms with Crippen LogP contribution in [0, 0.1) is 0 Å². The molecule has 0 spiro atoms. The van der Waals surface area contributed by atoms with Gasteiger partial charge in [-0.15, -0.1) is 0 Å². The molecule has 2 rings (SSSR count). The van der Waals surface area contributed by atoms with Crippen molar-refractivity contribution in [1.82, 2.24) is 4.90 Å². The SMILES string of the molecule is CCC(C)=CC=C[C@H]1CCC(=O)N1CCc1ccc(C(=O)OC)cc1. The summed E-state index contributed by atoms with van der Waals surface area (Å²) in [5.41, 5.74) is 2.98. The molecule has 1 amide bonds. The van der Waals surface area contributed by atoms with Crippen LogP contribution in [0.4, 0.5) is 0 Å². The molecule has 1 aliphatic rings. The van der Waals surface area contributed by atoms with E-state index < -0.39 is 0 Å². The van der Waals surface area contributed by atoms with Gasteiger partial charge in [0.25, 0.3) is 0 Å². The van der Waals surface area contributed by atoms with E-state index in [4.69, 9.17) is 4.74 Å². The van der Waals surface area contributed by atoms with E-state index in [2.05, 4.69) is 32.1 Å². The third kappa shape index (κ3) is 5.31. The Morgan fingerprint density at radius 2 is 2.04 bits per heavy atom. The van der Waals surface area contributed by atoms with Crippen LogP contribution >= 0.6 is 0 Å². The minimum atomic E-state index is -0.332. The Balaban J connectivity index is 1.95. The number of rotatable bonds is 7. The molecule has 1 saturated heterocycles. The number of benzene rings is 1. The van der Waals surface area contributed by atoms with E-state index in [1.54, 1.807) is 12.1 Å². The molecule has 1 fully saturated rings. The molecule has 0 aliphatic carbocycles. The van der Waals surface area contributed by atoms with Gasteiger partial charge in [0.15, 0.2) is 0 Å². The number of ether oxygens (including phenoxy) is 1. The van der Waals surface area contributed by atoms with Crippen molar-refractivity contribution in [3.8, 4) is 0 Å². The Morgan fingerprint density at radius 1 is 1.32 bits per heavy atom. The average Bonchev–Trinajstić information content (AvgIpc) is 2.99. The Labute approximate surface area is 150 Å². The van der Waals surface area contributed by atoms with Crippen LogP contribution in [0.1, 0.15) is 49.0 Å². The number of nitrogens with zero attached hydrogens (tertiary/aromatic N) is 1. The van der Waals surface area contributed by atoms with Gasteiger partial charge in [-0.3, -0.25) is 4.79 Å². The molecule has 4 heteroatoms. The molecule has 0 N–H and O–H groups in total. The Morgan fingerprint density at radius 3 is 2.68 bits per heavy atom. The molecule has 0 radical (unpaired) electrons. The summed E-state index contributed by atoms with van der Waals surface area (Å²) < 4.78 is 4.70. The van der Waals surface area contributed by atoms with E-state index in [9.17, 15) is 9.59 Å².